The standard InChI is InChI=1S/C36H36N2O6/c1-38-14-12-23-18-30(41-3)32-20-26(23)28(38)16-21-5-8-25(9-6-21)43-31-17-22(7-10-29(31)40-2)15-27-34-24(11-13-37-27)19-33(42-4)35(39)36(34)44-32/h5-10,17-20,28,39H,11-16H2,1-4H3/t28-/m0/s1. The average molecular weight is 593 g/mol. The Hall–Kier alpha value is -4.69. The van der Waals surface area contributed by atoms with Crippen LogP contribution < -0.4 is 23.7 Å². The van der Waals surface area contributed by atoms with E-state index in [4.69, 9.17) is 28.7 Å². The molecule has 4 aliphatic heterocycles. The fraction of sp³-hybridized carbons (Fsp3) is 0.306. The molecule has 6 bridgehead atoms. The molecule has 8 rings (SSSR count). The molecular formula is C36H36N2O6. The molecular weight excluding hydrogens is 556 g/mol. The van der Waals surface area contributed by atoms with Gasteiger partial charge in [-0.15, -0.1) is 0 Å². The summed E-state index contributed by atoms with van der Waals surface area (Å²) in [5, 5.41) is 11.5. The lowest BCUT2D eigenvalue weighted by atomic mass is 9.88. The van der Waals surface area contributed by atoms with Crippen LogP contribution in [0.1, 0.15) is 39.4 Å². The largest absolute Gasteiger partial charge is 0.502 e. The van der Waals surface area contributed by atoms with Crippen molar-refractivity contribution in [3.05, 3.63) is 94.0 Å². The summed E-state index contributed by atoms with van der Waals surface area (Å²) < 4.78 is 30.2. The van der Waals surface area contributed by atoms with Gasteiger partial charge in [0, 0.05) is 31.1 Å². The third-order valence-electron chi connectivity index (χ3n) is 8.94. The molecule has 0 spiro atoms. The van der Waals surface area contributed by atoms with Gasteiger partial charge in [-0.3, -0.25) is 9.89 Å². The minimum atomic E-state index is -0.0676. The maximum Gasteiger partial charge on any atom is 0.202 e. The zero-order valence-corrected chi connectivity index (χ0v) is 25.5. The Morgan fingerprint density at radius 1 is 0.795 bits per heavy atom. The van der Waals surface area contributed by atoms with E-state index in [1.807, 2.05) is 36.4 Å². The zero-order chi connectivity index (χ0) is 30.4. The Bertz CT molecular complexity index is 1760. The molecule has 4 aromatic carbocycles. The number of benzene rings is 4. The van der Waals surface area contributed by atoms with Crippen molar-refractivity contribution in [2.24, 2.45) is 4.99 Å². The topological polar surface area (TPSA) is 82.0 Å². The number of phenols is 1. The van der Waals surface area contributed by atoms with Gasteiger partial charge in [-0.25, -0.2) is 0 Å². The van der Waals surface area contributed by atoms with Crippen LogP contribution in [-0.2, 0) is 25.7 Å². The lowest BCUT2D eigenvalue weighted by molar-refractivity contribution is 0.228. The van der Waals surface area contributed by atoms with Crippen LogP contribution >= 0.6 is 0 Å². The predicted octanol–water partition coefficient (Wildman–Crippen LogP) is 6.68. The van der Waals surface area contributed by atoms with E-state index in [1.54, 1.807) is 21.3 Å². The van der Waals surface area contributed by atoms with Gasteiger partial charge >= 0.3 is 0 Å². The number of ether oxygens (including phenoxy) is 5. The van der Waals surface area contributed by atoms with Gasteiger partial charge in [-0.05, 0) is 96.6 Å². The summed E-state index contributed by atoms with van der Waals surface area (Å²) in [5.41, 5.74) is 7.20. The highest BCUT2D eigenvalue weighted by Gasteiger charge is 2.30. The molecule has 0 fully saturated rings. The van der Waals surface area contributed by atoms with Crippen LogP contribution in [0.4, 0.5) is 0 Å². The van der Waals surface area contributed by atoms with Crippen molar-refractivity contribution in [2.75, 3.05) is 41.5 Å². The SMILES string of the molecule is COc1ccc2cc1Oc1ccc(cc1)C[C@H]1c3cc(c(OC)cc3CCN1C)Oc1c(O)c(OC)cc3c1C(=NCC3)C2. The number of likely N-dealkylation sites (N-methyl/N-ethyl adjacent to an activating group) is 1. The number of hydrogen-bond donors (Lipinski definition) is 1. The van der Waals surface area contributed by atoms with Gasteiger partial charge < -0.3 is 28.8 Å². The highest BCUT2D eigenvalue weighted by atomic mass is 16.5. The first kappa shape index (κ1) is 28.1. The van der Waals surface area contributed by atoms with E-state index < -0.39 is 0 Å². The maximum atomic E-state index is 11.5. The molecule has 0 aliphatic carbocycles. The molecule has 0 saturated heterocycles. The smallest absolute Gasteiger partial charge is 0.202 e. The number of aromatic hydroxyl groups is 1. The van der Waals surface area contributed by atoms with E-state index >= 15 is 0 Å². The van der Waals surface area contributed by atoms with Crippen LogP contribution in [0.3, 0.4) is 0 Å². The second kappa shape index (κ2) is 11.4. The molecule has 0 saturated carbocycles. The van der Waals surface area contributed by atoms with E-state index in [9.17, 15) is 5.11 Å². The fourth-order valence-corrected chi connectivity index (χ4v) is 6.58. The first-order valence-corrected chi connectivity index (χ1v) is 14.9. The summed E-state index contributed by atoms with van der Waals surface area (Å²) >= 11 is 0. The summed E-state index contributed by atoms with van der Waals surface area (Å²) in [6.07, 6.45) is 2.92. The quantitative estimate of drug-likeness (QED) is 0.284. The van der Waals surface area contributed by atoms with Crippen LogP contribution in [0.15, 0.2) is 65.7 Å². The van der Waals surface area contributed by atoms with Crippen LogP contribution in [0, 0.1) is 0 Å². The van der Waals surface area contributed by atoms with Gasteiger partial charge in [0.05, 0.1) is 27.0 Å². The molecule has 4 heterocycles. The molecule has 0 amide bonds. The zero-order valence-electron chi connectivity index (χ0n) is 25.5. The maximum absolute atomic E-state index is 11.5. The molecule has 1 atom stereocenters. The van der Waals surface area contributed by atoms with Crippen molar-refractivity contribution >= 4 is 5.71 Å². The summed E-state index contributed by atoms with van der Waals surface area (Å²) in [5.74, 6) is 3.78. The Morgan fingerprint density at radius 3 is 2.30 bits per heavy atom. The number of nitrogens with zero attached hydrogens (tertiary/aromatic N) is 2. The molecule has 0 aromatic heterocycles. The van der Waals surface area contributed by atoms with Gasteiger partial charge in [-0.2, -0.15) is 0 Å². The van der Waals surface area contributed by atoms with Gasteiger partial charge in [0.25, 0.3) is 0 Å². The van der Waals surface area contributed by atoms with Gasteiger partial charge in [0.15, 0.2) is 34.5 Å². The number of fused-ring (bicyclic) bond motifs is 2. The molecule has 0 unspecified atom stereocenters. The molecule has 44 heavy (non-hydrogen) atoms. The second-order valence-corrected chi connectivity index (χ2v) is 11.5. The van der Waals surface area contributed by atoms with E-state index in [0.717, 1.165) is 47.5 Å². The number of rotatable bonds is 3. The minimum Gasteiger partial charge on any atom is -0.502 e. The fourth-order valence-electron chi connectivity index (χ4n) is 6.58. The molecule has 8 nitrogen and oxygen atoms in total. The monoisotopic (exact) mass is 592 g/mol. The summed E-state index contributed by atoms with van der Waals surface area (Å²) in [4.78, 5) is 7.32. The van der Waals surface area contributed by atoms with Crippen LogP contribution in [0.5, 0.6) is 46.0 Å². The van der Waals surface area contributed by atoms with Crippen molar-refractivity contribution in [2.45, 2.75) is 31.7 Å². The third-order valence-corrected chi connectivity index (χ3v) is 8.94. The van der Waals surface area contributed by atoms with E-state index in [0.29, 0.717) is 53.9 Å². The lowest BCUT2D eigenvalue weighted by Crippen LogP contribution is -2.33. The normalized spacial score (nSPS) is 17.3. The molecule has 1 N–H and O–H groups in total. The first-order valence-electron chi connectivity index (χ1n) is 14.9. The van der Waals surface area contributed by atoms with Crippen molar-refractivity contribution in [3.63, 3.8) is 0 Å². The summed E-state index contributed by atoms with van der Waals surface area (Å²) in [6.45, 7) is 1.56. The van der Waals surface area contributed by atoms with E-state index in [-0.39, 0.29) is 11.8 Å². The highest BCUT2D eigenvalue weighted by Crippen LogP contribution is 2.48. The average Bonchev–Trinajstić information content (AvgIpc) is 3.04. The molecule has 8 heteroatoms. The third kappa shape index (κ3) is 4.99. The highest BCUT2D eigenvalue weighted by molar-refractivity contribution is 6.07. The van der Waals surface area contributed by atoms with Crippen LogP contribution in [0.25, 0.3) is 0 Å². The van der Waals surface area contributed by atoms with Crippen molar-refractivity contribution in [1.82, 2.24) is 4.90 Å². The molecule has 4 aliphatic rings. The number of aliphatic imine (C=N–C) groups is 1. The van der Waals surface area contributed by atoms with Crippen molar-refractivity contribution in [3.8, 4) is 46.0 Å². The Morgan fingerprint density at radius 2 is 1.52 bits per heavy atom. The Balaban J connectivity index is 1.45. The predicted molar refractivity (Wildman–Crippen MR) is 169 cm³/mol. The number of phenolic OH excluding ortho intramolecular Hbond substituents is 1. The van der Waals surface area contributed by atoms with E-state index in [2.05, 4.69) is 36.2 Å². The summed E-state index contributed by atoms with van der Waals surface area (Å²) in [7, 11) is 7.01. The molecule has 226 valence electrons. The Kier molecular flexibility index (Phi) is 7.30. The molecule has 0 radical (unpaired) electrons. The summed E-state index contributed by atoms with van der Waals surface area (Å²) in [6, 6.07) is 20.4. The van der Waals surface area contributed by atoms with Gasteiger partial charge in [-0.1, -0.05) is 18.2 Å². The number of methoxy groups -OCH3 is 3. The Labute approximate surface area is 257 Å². The second-order valence-electron chi connectivity index (χ2n) is 11.5. The van der Waals surface area contributed by atoms with Crippen molar-refractivity contribution in [1.29, 1.82) is 0 Å². The van der Waals surface area contributed by atoms with Gasteiger partial charge in [0.2, 0.25) is 5.75 Å². The number of hydrogen-bond acceptors (Lipinski definition) is 8. The van der Waals surface area contributed by atoms with Crippen LogP contribution in [0.2, 0.25) is 0 Å². The molecule has 4 aromatic rings. The minimum absolute atomic E-state index is 0.0676. The van der Waals surface area contributed by atoms with Gasteiger partial charge in [0.1, 0.15) is 5.75 Å². The lowest BCUT2D eigenvalue weighted by Gasteiger charge is -2.35. The van der Waals surface area contributed by atoms with Crippen molar-refractivity contribution < 1.29 is 28.8 Å². The van der Waals surface area contributed by atoms with E-state index in [1.165, 1.54) is 16.7 Å². The first-order chi connectivity index (χ1) is 21.4. The van der Waals surface area contributed by atoms with Crippen LogP contribution in [-0.4, -0.2) is 57.2 Å².